The molecule has 108 valence electrons. The number of rotatable bonds is 3. The zero-order valence-electron chi connectivity index (χ0n) is 10.8. The molecule has 1 aliphatic heterocycles. The standard InChI is InChI=1S/C15H11BrClNO2S/c16-11-5-10-12(18-15(20)14(10)19)6-13(11)21-7-8-1-3-9(17)4-2-8/h1-6,14,19H,7H2,(H,18,20). The van der Waals surface area contributed by atoms with Crippen molar-refractivity contribution in [3.63, 3.8) is 0 Å². The van der Waals surface area contributed by atoms with Crippen molar-refractivity contribution in [2.75, 3.05) is 5.32 Å². The van der Waals surface area contributed by atoms with E-state index in [1.807, 2.05) is 30.3 Å². The summed E-state index contributed by atoms with van der Waals surface area (Å²) in [5.74, 6) is 0.419. The van der Waals surface area contributed by atoms with E-state index < -0.39 is 6.10 Å². The van der Waals surface area contributed by atoms with Crippen LogP contribution in [0, 0.1) is 0 Å². The van der Waals surface area contributed by atoms with Gasteiger partial charge in [-0.15, -0.1) is 11.8 Å². The van der Waals surface area contributed by atoms with Crippen LogP contribution < -0.4 is 5.32 Å². The fourth-order valence-corrected chi connectivity index (χ4v) is 3.84. The number of carbonyl (C=O) groups is 1. The molecular formula is C15H11BrClNO2S. The van der Waals surface area contributed by atoms with Gasteiger partial charge in [0.15, 0.2) is 6.10 Å². The van der Waals surface area contributed by atoms with Gasteiger partial charge in [0.05, 0.1) is 0 Å². The fourth-order valence-electron chi connectivity index (χ4n) is 2.10. The second-order valence-corrected chi connectivity index (χ2v) is 6.98. The quantitative estimate of drug-likeness (QED) is 0.772. The molecule has 21 heavy (non-hydrogen) atoms. The molecule has 1 atom stereocenters. The van der Waals surface area contributed by atoms with Gasteiger partial charge in [-0.2, -0.15) is 0 Å². The van der Waals surface area contributed by atoms with Crippen molar-refractivity contribution in [2.45, 2.75) is 16.8 Å². The average Bonchev–Trinajstić information content (AvgIpc) is 2.73. The van der Waals surface area contributed by atoms with Gasteiger partial charge in [0, 0.05) is 31.4 Å². The predicted molar refractivity (Wildman–Crippen MR) is 88.7 cm³/mol. The SMILES string of the molecule is O=C1Nc2cc(SCc3ccc(Cl)cc3)c(Br)cc2C1O. The first-order valence-electron chi connectivity index (χ1n) is 6.24. The number of benzene rings is 2. The van der Waals surface area contributed by atoms with E-state index in [9.17, 15) is 9.90 Å². The maximum absolute atomic E-state index is 11.5. The van der Waals surface area contributed by atoms with E-state index in [0.29, 0.717) is 11.3 Å². The highest BCUT2D eigenvalue weighted by molar-refractivity contribution is 9.10. The van der Waals surface area contributed by atoms with Gasteiger partial charge in [-0.05, 0) is 45.8 Å². The van der Waals surface area contributed by atoms with E-state index in [1.165, 1.54) is 5.56 Å². The first-order valence-corrected chi connectivity index (χ1v) is 8.40. The van der Waals surface area contributed by atoms with E-state index in [-0.39, 0.29) is 5.91 Å². The topological polar surface area (TPSA) is 49.3 Å². The van der Waals surface area contributed by atoms with Crippen LogP contribution in [0.3, 0.4) is 0 Å². The monoisotopic (exact) mass is 383 g/mol. The second kappa shape index (κ2) is 6.01. The van der Waals surface area contributed by atoms with E-state index in [0.717, 1.165) is 20.1 Å². The van der Waals surface area contributed by atoms with Crippen molar-refractivity contribution in [2.24, 2.45) is 0 Å². The molecule has 2 aromatic rings. The summed E-state index contributed by atoms with van der Waals surface area (Å²) >= 11 is 11.0. The van der Waals surface area contributed by atoms with Crippen molar-refractivity contribution in [1.82, 2.24) is 0 Å². The van der Waals surface area contributed by atoms with Gasteiger partial charge in [-0.3, -0.25) is 4.79 Å². The molecule has 0 spiro atoms. The maximum Gasteiger partial charge on any atom is 0.257 e. The molecule has 3 rings (SSSR count). The lowest BCUT2D eigenvalue weighted by molar-refractivity contribution is -0.123. The minimum Gasteiger partial charge on any atom is -0.378 e. The lowest BCUT2D eigenvalue weighted by Gasteiger charge is -2.08. The molecule has 1 aliphatic rings. The third-order valence-corrected chi connectivity index (χ3v) is 5.51. The Morgan fingerprint density at radius 2 is 2.00 bits per heavy atom. The Morgan fingerprint density at radius 3 is 2.71 bits per heavy atom. The lowest BCUT2D eigenvalue weighted by atomic mass is 10.1. The molecule has 1 unspecified atom stereocenters. The van der Waals surface area contributed by atoms with Crippen molar-refractivity contribution < 1.29 is 9.90 Å². The second-order valence-electron chi connectivity index (χ2n) is 4.68. The Hall–Kier alpha value is -1.01. The summed E-state index contributed by atoms with van der Waals surface area (Å²) in [6.45, 7) is 0. The van der Waals surface area contributed by atoms with E-state index in [2.05, 4.69) is 21.2 Å². The summed E-state index contributed by atoms with van der Waals surface area (Å²) in [5.41, 5.74) is 2.46. The molecule has 0 aliphatic carbocycles. The fraction of sp³-hybridized carbons (Fsp3) is 0.133. The van der Waals surface area contributed by atoms with Gasteiger partial charge in [-0.25, -0.2) is 0 Å². The van der Waals surface area contributed by atoms with Gasteiger partial charge < -0.3 is 10.4 Å². The summed E-state index contributed by atoms with van der Waals surface area (Å²) in [6, 6.07) is 11.4. The largest absolute Gasteiger partial charge is 0.378 e. The number of nitrogens with one attached hydrogen (secondary N) is 1. The number of thioether (sulfide) groups is 1. The molecule has 3 nitrogen and oxygen atoms in total. The minimum absolute atomic E-state index is 0.378. The van der Waals surface area contributed by atoms with Crippen LogP contribution in [0.2, 0.25) is 5.02 Å². The summed E-state index contributed by atoms with van der Waals surface area (Å²) in [4.78, 5) is 12.5. The molecule has 0 radical (unpaired) electrons. The molecule has 1 amide bonds. The third-order valence-electron chi connectivity index (χ3n) is 3.21. The molecule has 2 N–H and O–H groups in total. The molecule has 0 bridgehead atoms. The normalized spacial score (nSPS) is 16.7. The Balaban J connectivity index is 1.79. The van der Waals surface area contributed by atoms with Crippen molar-refractivity contribution in [1.29, 1.82) is 0 Å². The number of aliphatic hydroxyl groups is 1. The van der Waals surface area contributed by atoms with Crippen LogP contribution in [-0.2, 0) is 10.5 Å². The number of anilines is 1. The van der Waals surface area contributed by atoms with Gasteiger partial charge in [0.2, 0.25) is 0 Å². The van der Waals surface area contributed by atoms with Crippen molar-refractivity contribution in [3.8, 4) is 0 Å². The van der Waals surface area contributed by atoms with Crippen LogP contribution in [0.5, 0.6) is 0 Å². The summed E-state index contributed by atoms with van der Waals surface area (Å²) < 4.78 is 0.871. The van der Waals surface area contributed by atoms with Crippen LogP contribution in [0.25, 0.3) is 0 Å². The molecular weight excluding hydrogens is 374 g/mol. The van der Waals surface area contributed by atoms with E-state index >= 15 is 0 Å². The third kappa shape index (κ3) is 3.11. The van der Waals surface area contributed by atoms with Gasteiger partial charge in [-0.1, -0.05) is 23.7 Å². The number of aliphatic hydroxyl groups excluding tert-OH is 1. The summed E-state index contributed by atoms with van der Waals surface area (Å²) in [5, 5.41) is 13.1. The molecule has 0 aromatic heterocycles. The number of halogens is 2. The number of hydrogen-bond donors (Lipinski definition) is 2. The molecule has 2 aromatic carbocycles. The average molecular weight is 385 g/mol. The minimum atomic E-state index is -1.08. The van der Waals surface area contributed by atoms with Crippen LogP contribution in [0.15, 0.2) is 45.8 Å². The zero-order valence-corrected chi connectivity index (χ0v) is 13.9. The van der Waals surface area contributed by atoms with Crippen LogP contribution >= 0.6 is 39.3 Å². The van der Waals surface area contributed by atoms with Crippen LogP contribution in [0.4, 0.5) is 5.69 Å². The van der Waals surface area contributed by atoms with Crippen LogP contribution in [0.1, 0.15) is 17.2 Å². The number of fused-ring (bicyclic) bond motifs is 1. The maximum atomic E-state index is 11.5. The molecule has 6 heteroatoms. The summed E-state index contributed by atoms with van der Waals surface area (Å²) in [7, 11) is 0. The Labute approximate surface area is 139 Å². The molecule has 0 fully saturated rings. The highest BCUT2D eigenvalue weighted by Crippen LogP contribution is 2.39. The smallest absolute Gasteiger partial charge is 0.257 e. The zero-order chi connectivity index (χ0) is 15.0. The Kier molecular flexibility index (Phi) is 4.26. The highest BCUT2D eigenvalue weighted by atomic mass is 79.9. The summed E-state index contributed by atoms with van der Waals surface area (Å²) in [6.07, 6.45) is -1.08. The molecule has 1 heterocycles. The van der Waals surface area contributed by atoms with E-state index in [4.69, 9.17) is 11.6 Å². The Bertz CT molecular complexity index is 706. The van der Waals surface area contributed by atoms with Crippen LogP contribution in [-0.4, -0.2) is 11.0 Å². The van der Waals surface area contributed by atoms with Crippen molar-refractivity contribution in [3.05, 3.63) is 57.0 Å². The van der Waals surface area contributed by atoms with Crippen molar-refractivity contribution >= 4 is 50.9 Å². The lowest BCUT2D eigenvalue weighted by Crippen LogP contribution is -2.10. The Morgan fingerprint density at radius 1 is 1.29 bits per heavy atom. The van der Waals surface area contributed by atoms with E-state index in [1.54, 1.807) is 17.8 Å². The molecule has 0 saturated carbocycles. The first kappa shape index (κ1) is 14.9. The first-order chi connectivity index (χ1) is 10.0. The predicted octanol–water partition coefficient (Wildman–Crippen LogP) is 4.38. The number of amides is 1. The van der Waals surface area contributed by atoms with Gasteiger partial charge in [0.1, 0.15) is 0 Å². The number of carbonyl (C=O) groups excluding carboxylic acids is 1. The number of hydrogen-bond acceptors (Lipinski definition) is 3. The van der Waals surface area contributed by atoms with Gasteiger partial charge >= 0.3 is 0 Å². The highest BCUT2D eigenvalue weighted by Gasteiger charge is 2.29. The van der Waals surface area contributed by atoms with Gasteiger partial charge in [0.25, 0.3) is 5.91 Å². The molecule has 0 saturated heterocycles.